The van der Waals surface area contributed by atoms with Gasteiger partial charge < -0.3 is 15.6 Å². The fraction of sp³-hybridized carbons (Fsp3) is 0.444. The van der Waals surface area contributed by atoms with Crippen molar-refractivity contribution in [1.82, 2.24) is 20.6 Å². The van der Waals surface area contributed by atoms with Crippen molar-refractivity contribution in [3.8, 4) is 11.3 Å². The standard InChI is InChI=1S/C18H27N5/c1-4-19-18(20-11-10-14(2)3)22-13-17-21-12-16(23-17)15-8-6-5-7-9-15/h5-9,12,14H,4,10-11,13H2,1-3H3,(H,21,23)(H2,19,20,22). The van der Waals surface area contributed by atoms with Gasteiger partial charge in [0.05, 0.1) is 11.9 Å². The van der Waals surface area contributed by atoms with Crippen LogP contribution in [-0.2, 0) is 6.54 Å². The SMILES string of the molecule is CCNC(=NCc1ncc(-c2ccccc2)[nH]1)NCCC(C)C. The van der Waals surface area contributed by atoms with E-state index in [9.17, 15) is 0 Å². The minimum absolute atomic E-state index is 0.532. The third-order valence-electron chi connectivity index (χ3n) is 3.46. The van der Waals surface area contributed by atoms with Gasteiger partial charge in [0.25, 0.3) is 0 Å². The normalized spacial score (nSPS) is 11.7. The topological polar surface area (TPSA) is 65.1 Å². The van der Waals surface area contributed by atoms with E-state index in [0.717, 1.165) is 42.6 Å². The molecule has 5 heteroatoms. The summed E-state index contributed by atoms with van der Waals surface area (Å²) in [6.07, 6.45) is 2.99. The van der Waals surface area contributed by atoms with E-state index in [1.807, 2.05) is 24.4 Å². The van der Waals surface area contributed by atoms with Gasteiger partial charge in [-0.3, -0.25) is 0 Å². The fourth-order valence-corrected chi connectivity index (χ4v) is 2.18. The van der Waals surface area contributed by atoms with Gasteiger partial charge in [0.2, 0.25) is 0 Å². The summed E-state index contributed by atoms with van der Waals surface area (Å²) in [6.45, 7) is 8.82. The van der Waals surface area contributed by atoms with Crippen LogP contribution >= 0.6 is 0 Å². The highest BCUT2D eigenvalue weighted by atomic mass is 15.2. The largest absolute Gasteiger partial charge is 0.357 e. The third-order valence-corrected chi connectivity index (χ3v) is 3.46. The highest BCUT2D eigenvalue weighted by molar-refractivity contribution is 5.79. The van der Waals surface area contributed by atoms with Crippen molar-refractivity contribution >= 4 is 5.96 Å². The molecule has 0 aliphatic carbocycles. The Bertz CT molecular complexity index is 601. The van der Waals surface area contributed by atoms with Gasteiger partial charge in [-0.2, -0.15) is 0 Å². The van der Waals surface area contributed by atoms with Crippen molar-refractivity contribution < 1.29 is 0 Å². The first-order valence-electron chi connectivity index (χ1n) is 8.30. The molecule has 2 rings (SSSR count). The molecule has 0 saturated heterocycles. The van der Waals surface area contributed by atoms with Crippen LogP contribution in [0.15, 0.2) is 41.5 Å². The lowest BCUT2D eigenvalue weighted by Crippen LogP contribution is -2.38. The van der Waals surface area contributed by atoms with E-state index in [-0.39, 0.29) is 0 Å². The van der Waals surface area contributed by atoms with Gasteiger partial charge >= 0.3 is 0 Å². The molecule has 1 heterocycles. The maximum atomic E-state index is 4.59. The molecule has 3 N–H and O–H groups in total. The van der Waals surface area contributed by atoms with Crippen LogP contribution in [0.1, 0.15) is 33.0 Å². The van der Waals surface area contributed by atoms with E-state index in [4.69, 9.17) is 0 Å². The highest BCUT2D eigenvalue weighted by Crippen LogP contribution is 2.16. The molecule has 1 aromatic heterocycles. The molecule has 124 valence electrons. The van der Waals surface area contributed by atoms with Crippen molar-refractivity contribution in [2.24, 2.45) is 10.9 Å². The van der Waals surface area contributed by atoms with E-state index in [2.05, 4.69) is 58.5 Å². The number of aromatic nitrogens is 2. The second kappa shape index (κ2) is 8.98. The van der Waals surface area contributed by atoms with Crippen molar-refractivity contribution in [3.05, 3.63) is 42.4 Å². The Morgan fingerprint density at radius 1 is 1.22 bits per heavy atom. The quantitative estimate of drug-likeness (QED) is 0.543. The molecule has 0 amide bonds. The Morgan fingerprint density at radius 2 is 2.00 bits per heavy atom. The molecule has 0 spiro atoms. The van der Waals surface area contributed by atoms with Crippen LogP contribution in [0.2, 0.25) is 0 Å². The lowest BCUT2D eigenvalue weighted by atomic mass is 10.1. The lowest BCUT2D eigenvalue weighted by molar-refractivity contribution is 0.573. The van der Waals surface area contributed by atoms with Crippen LogP contribution in [0.25, 0.3) is 11.3 Å². The molecule has 2 aromatic rings. The van der Waals surface area contributed by atoms with Crippen LogP contribution in [0, 0.1) is 5.92 Å². The maximum absolute atomic E-state index is 4.59. The molecule has 0 radical (unpaired) electrons. The minimum atomic E-state index is 0.532. The van der Waals surface area contributed by atoms with Gasteiger partial charge in [0.1, 0.15) is 12.4 Å². The predicted octanol–water partition coefficient (Wildman–Crippen LogP) is 3.18. The summed E-state index contributed by atoms with van der Waals surface area (Å²) in [5, 5.41) is 6.62. The van der Waals surface area contributed by atoms with Crippen molar-refractivity contribution in [3.63, 3.8) is 0 Å². The molecule has 5 nitrogen and oxygen atoms in total. The Hall–Kier alpha value is -2.30. The Morgan fingerprint density at radius 3 is 2.70 bits per heavy atom. The number of hydrogen-bond acceptors (Lipinski definition) is 2. The third kappa shape index (κ3) is 5.77. The number of rotatable bonds is 7. The molecule has 0 atom stereocenters. The molecule has 0 fully saturated rings. The number of H-pyrrole nitrogens is 1. The number of imidazole rings is 1. The number of guanidine groups is 1. The first kappa shape index (κ1) is 17.1. The minimum Gasteiger partial charge on any atom is -0.357 e. The molecule has 0 aliphatic heterocycles. The summed E-state index contributed by atoms with van der Waals surface area (Å²) in [5.41, 5.74) is 2.16. The second-order valence-corrected chi connectivity index (χ2v) is 5.91. The number of nitrogens with one attached hydrogen (secondary N) is 3. The first-order chi connectivity index (χ1) is 11.2. The van der Waals surface area contributed by atoms with E-state index in [1.54, 1.807) is 0 Å². The summed E-state index contributed by atoms with van der Waals surface area (Å²) >= 11 is 0. The Balaban J connectivity index is 1.95. The van der Waals surface area contributed by atoms with E-state index in [0.29, 0.717) is 12.5 Å². The zero-order valence-corrected chi connectivity index (χ0v) is 14.3. The monoisotopic (exact) mass is 313 g/mol. The van der Waals surface area contributed by atoms with Gasteiger partial charge in [-0.1, -0.05) is 44.2 Å². The van der Waals surface area contributed by atoms with Crippen LogP contribution in [0.5, 0.6) is 0 Å². The maximum Gasteiger partial charge on any atom is 0.191 e. The molecule has 0 aliphatic rings. The number of hydrogen-bond donors (Lipinski definition) is 3. The Labute approximate surface area is 138 Å². The second-order valence-electron chi connectivity index (χ2n) is 5.91. The van der Waals surface area contributed by atoms with Crippen LogP contribution in [0.4, 0.5) is 0 Å². The summed E-state index contributed by atoms with van der Waals surface area (Å²) in [5.74, 6) is 2.39. The predicted molar refractivity (Wildman–Crippen MR) is 96.3 cm³/mol. The van der Waals surface area contributed by atoms with Gasteiger partial charge in [0, 0.05) is 13.1 Å². The van der Waals surface area contributed by atoms with Gasteiger partial charge in [-0.15, -0.1) is 0 Å². The fourth-order valence-electron chi connectivity index (χ4n) is 2.18. The van der Waals surface area contributed by atoms with Crippen molar-refractivity contribution in [2.75, 3.05) is 13.1 Å². The first-order valence-corrected chi connectivity index (χ1v) is 8.30. The average Bonchev–Trinajstić information content (AvgIpc) is 3.02. The molecular formula is C18H27N5. The zero-order valence-electron chi connectivity index (χ0n) is 14.3. The summed E-state index contributed by atoms with van der Waals surface area (Å²) in [4.78, 5) is 12.3. The van der Waals surface area contributed by atoms with Gasteiger partial charge in [-0.25, -0.2) is 9.98 Å². The molecule has 1 aromatic carbocycles. The number of benzene rings is 1. The number of nitrogens with zero attached hydrogens (tertiary/aromatic N) is 2. The molecule has 0 bridgehead atoms. The molecule has 23 heavy (non-hydrogen) atoms. The van der Waals surface area contributed by atoms with E-state index < -0.39 is 0 Å². The summed E-state index contributed by atoms with van der Waals surface area (Å²) in [6, 6.07) is 10.2. The summed E-state index contributed by atoms with van der Waals surface area (Å²) in [7, 11) is 0. The number of aliphatic imine (C=N–C) groups is 1. The van der Waals surface area contributed by atoms with E-state index in [1.165, 1.54) is 0 Å². The van der Waals surface area contributed by atoms with Crippen molar-refractivity contribution in [2.45, 2.75) is 33.7 Å². The molecule has 0 unspecified atom stereocenters. The molecule has 0 saturated carbocycles. The van der Waals surface area contributed by atoms with Gasteiger partial charge in [0.15, 0.2) is 5.96 Å². The smallest absolute Gasteiger partial charge is 0.191 e. The Kier molecular flexibility index (Phi) is 6.66. The van der Waals surface area contributed by atoms with Crippen LogP contribution in [0.3, 0.4) is 0 Å². The summed E-state index contributed by atoms with van der Waals surface area (Å²) < 4.78 is 0. The molecular weight excluding hydrogens is 286 g/mol. The average molecular weight is 313 g/mol. The van der Waals surface area contributed by atoms with Gasteiger partial charge in [-0.05, 0) is 24.8 Å². The lowest BCUT2D eigenvalue weighted by Gasteiger charge is -2.11. The number of aromatic amines is 1. The zero-order chi connectivity index (χ0) is 16.5. The van der Waals surface area contributed by atoms with Crippen LogP contribution < -0.4 is 10.6 Å². The van der Waals surface area contributed by atoms with E-state index >= 15 is 0 Å². The van der Waals surface area contributed by atoms with Crippen LogP contribution in [-0.4, -0.2) is 29.0 Å². The highest BCUT2D eigenvalue weighted by Gasteiger charge is 2.03. The van der Waals surface area contributed by atoms with Crippen molar-refractivity contribution in [1.29, 1.82) is 0 Å².